The van der Waals surface area contributed by atoms with Gasteiger partial charge in [-0.05, 0) is 48.7 Å². The molecule has 0 saturated carbocycles. The first kappa shape index (κ1) is 24.3. The highest BCUT2D eigenvalue weighted by Crippen LogP contribution is 2.38. The van der Waals surface area contributed by atoms with Crippen molar-refractivity contribution in [3.8, 4) is 0 Å². The monoisotopic (exact) mass is 483 g/mol. The van der Waals surface area contributed by atoms with Crippen molar-refractivity contribution in [1.82, 2.24) is 14.9 Å². The van der Waals surface area contributed by atoms with Gasteiger partial charge in [0.2, 0.25) is 0 Å². The van der Waals surface area contributed by atoms with E-state index in [0.29, 0.717) is 13.0 Å². The van der Waals surface area contributed by atoms with E-state index in [2.05, 4.69) is 14.9 Å². The van der Waals surface area contributed by atoms with E-state index in [4.69, 9.17) is 4.74 Å². The lowest BCUT2D eigenvalue weighted by molar-refractivity contribution is -0.143. The molecular weight excluding hydrogens is 460 g/mol. The Bertz CT molecular complexity index is 1030. The summed E-state index contributed by atoms with van der Waals surface area (Å²) in [7, 11) is 0. The third-order valence-corrected chi connectivity index (χ3v) is 5.86. The Balaban J connectivity index is 1.59. The van der Waals surface area contributed by atoms with Crippen molar-refractivity contribution in [2.75, 3.05) is 6.54 Å². The smallest absolute Gasteiger partial charge is 0.372 e. The number of halogens is 6. The quantitative estimate of drug-likeness (QED) is 0.415. The number of H-pyrrole nitrogens is 1. The van der Waals surface area contributed by atoms with Crippen molar-refractivity contribution >= 4 is 0 Å². The minimum Gasteiger partial charge on any atom is -0.372 e. The van der Waals surface area contributed by atoms with Gasteiger partial charge in [-0.25, -0.2) is 4.98 Å². The maximum absolute atomic E-state index is 13.2. The zero-order valence-corrected chi connectivity index (χ0v) is 18.0. The molecule has 4 rings (SSSR count). The Labute approximate surface area is 192 Å². The average molecular weight is 483 g/mol. The third kappa shape index (κ3) is 5.79. The molecule has 1 fully saturated rings. The van der Waals surface area contributed by atoms with Gasteiger partial charge in [0, 0.05) is 18.4 Å². The minimum atomic E-state index is -4.89. The number of hydrogen-bond donors (Lipinski definition) is 1. The topological polar surface area (TPSA) is 41.1 Å². The number of rotatable bonds is 6. The van der Waals surface area contributed by atoms with Crippen molar-refractivity contribution in [2.24, 2.45) is 0 Å². The molecule has 4 nitrogen and oxygen atoms in total. The van der Waals surface area contributed by atoms with Crippen LogP contribution in [0.5, 0.6) is 0 Å². The lowest BCUT2D eigenvalue weighted by Gasteiger charge is -2.41. The highest BCUT2D eigenvalue weighted by atomic mass is 19.4. The van der Waals surface area contributed by atoms with Crippen LogP contribution in [-0.4, -0.2) is 27.5 Å². The molecular formula is C24H23F6N3O. The highest BCUT2D eigenvalue weighted by molar-refractivity contribution is 5.33. The first-order valence-corrected chi connectivity index (χ1v) is 10.8. The third-order valence-electron chi connectivity index (χ3n) is 5.86. The second kappa shape index (κ2) is 9.79. The van der Waals surface area contributed by atoms with E-state index >= 15 is 0 Å². The fraction of sp³-hybridized carbons (Fsp3) is 0.375. The molecule has 2 heterocycles. The van der Waals surface area contributed by atoms with Crippen LogP contribution in [0.2, 0.25) is 0 Å². The van der Waals surface area contributed by atoms with Crippen LogP contribution in [0.25, 0.3) is 0 Å². The number of ether oxygens (including phenoxy) is 1. The Kier molecular flexibility index (Phi) is 6.99. The highest BCUT2D eigenvalue weighted by Gasteiger charge is 2.38. The predicted molar refractivity (Wildman–Crippen MR) is 112 cm³/mol. The van der Waals surface area contributed by atoms with E-state index in [9.17, 15) is 26.3 Å². The van der Waals surface area contributed by atoms with Gasteiger partial charge >= 0.3 is 12.4 Å². The number of aromatic amines is 1. The summed E-state index contributed by atoms with van der Waals surface area (Å²) < 4.78 is 85.4. The van der Waals surface area contributed by atoms with Gasteiger partial charge in [0.05, 0.1) is 36.2 Å². The number of benzene rings is 2. The molecule has 0 unspecified atom stereocenters. The van der Waals surface area contributed by atoms with Gasteiger partial charge in [-0.1, -0.05) is 30.3 Å². The number of piperidine rings is 1. The first-order valence-electron chi connectivity index (χ1n) is 10.8. The fourth-order valence-electron chi connectivity index (χ4n) is 4.35. The summed E-state index contributed by atoms with van der Waals surface area (Å²) in [6.45, 7) is 0.959. The zero-order valence-electron chi connectivity index (χ0n) is 18.0. The van der Waals surface area contributed by atoms with E-state index in [1.54, 1.807) is 12.5 Å². The van der Waals surface area contributed by atoms with Gasteiger partial charge in [-0.15, -0.1) is 0 Å². The average Bonchev–Trinajstić information content (AvgIpc) is 3.30. The second-order valence-electron chi connectivity index (χ2n) is 8.31. The SMILES string of the molecule is FC(F)(F)c1cc(CO[C@H]2CCCN(Cc3cnc[nH]3)[C@H]2c2ccccc2)cc(C(F)(F)F)c1. The van der Waals surface area contributed by atoms with Crippen molar-refractivity contribution in [3.63, 3.8) is 0 Å². The predicted octanol–water partition coefficient (Wildman–Crippen LogP) is 6.37. The van der Waals surface area contributed by atoms with Crippen LogP contribution in [0.1, 0.15) is 46.8 Å². The minimum absolute atomic E-state index is 0.128. The van der Waals surface area contributed by atoms with Gasteiger partial charge < -0.3 is 9.72 Å². The van der Waals surface area contributed by atoms with Crippen molar-refractivity contribution in [3.05, 3.63) is 89.0 Å². The van der Waals surface area contributed by atoms with Crippen LogP contribution in [0.3, 0.4) is 0 Å². The number of nitrogens with one attached hydrogen (secondary N) is 1. The number of imidazole rings is 1. The lowest BCUT2D eigenvalue weighted by Crippen LogP contribution is -2.42. The maximum Gasteiger partial charge on any atom is 0.416 e. The molecule has 2 aromatic carbocycles. The number of likely N-dealkylation sites (tertiary alicyclic amines) is 1. The molecule has 1 aliphatic rings. The molecule has 1 saturated heterocycles. The molecule has 182 valence electrons. The Morgan fingerprint density at radius 3 is 2.24 bits per heavy atom. The summed E-state index contributed by atoms with van der Waals surface area (Å²) in [6, 6.07) is 10.9. The Morgan fingerprint density at radius 1 is 0.971 bits per heavy atom. The Hall–Kier alpha value is -2.85. The zero-order chi connectivity index (χ0) is 24.3. The molecule has 0 amide bonds. The number of aromatic nitrogens is 2. The maximum atomic E-state index is 13.2. The summed E-state index contributed by atoms with van der Waals surface area (Å²) in [5.74, 6) is 0. The normalized spacial score (nSPS) is 19.9. The van der Waals surface area contributed by atoms with Gasteiger partial charge in [-0.3, -0.25) is 4.90 Å². The van der Waals surface area contributed by atoms with Crippen LogP contribution in [0, 0.1) is 0 Å². The van der Waals surface area contributed by atoms with Crippen LogP contribution >= 0.6 is 0 Å². The van der Waals surface area contributed by atoms with Crippen LogP contribution in [0.15, 0.2) is 61.1 Å². The molecule has 0 bridgehead atoms. The summed E-state index contributed by atoms with van der Waals surface area (Å²) >= 11 is 0. The fourth-order valence-corrected chi connectivity index (χ4v) is 4.35. The second-order valence-corrected chi connectivity index (χ2v) is 8.31. The molecule has 34 heavy (non-hydrogen) atoms. The summed E-state index contributed by atoms with van der Waals surface area (Å²) in [5.41, 5.74) is -0.990. The summed E-state index contributed by atoms with van der Waals surface area (Å²) in [4.78, 5) is 9.29. The van der Waals surface area contributed by atoms with Crippen LogP contribution in [0.4, 0.5) is 26.3 Å². The van der Waals surface area contributed by atoms with Crippen molar-refractivity contribution in [2.45, 2.75) is 50.5 Å². The lowest BCUT2D eigenvalue weighted by atomic mass is 9.92. The van der Waals surface area contributed by atoms with Crippen LogP contribution < -0.4 is 0 Å². The molecule has 1 aliphatic heterocycles. The van der Waals surface area contributed by atoms with Crippen molar-refractivity contribution in [1.29, 1.82) is 0 Å². The number of alkyl halides is 6. The van der Waals surface area contributed by atoms with E-state index < -0.39 is 29.6 Å². The molecule has 10 heteroatoms. The van der Waals surface area contributed by atoms with Gasteiger partial charge in [0.1, 0.15) is 0 Å². The summed E-state index contributed by atoms with van der Waals surface area (Å²) in [5, 5.41) is 0. The molecule has 0 radical (unpaired) electrons. The molecule has 0 spiro atoms. The van der Waals surface area contributed by atoms with Gasteiger partial charge in [0.25, 0.3) is 0 Å². The molecule has 0 aliphatic carbocycles. The Morgan fingerprint density at radius 2 is 1.65 bits per heavy atom. The van der Waals surface area contributed by atoms with E-state index in [0.717, 1.165) is 36.4 Å². The van der Waals surface area contributed by atoms with E-state index in [1.165, 1.54) is 0 Å². The van der Waals surface area contributed by atoms with Crippen molar-refractivity contribution < 1.29 is 31.1 Å². The van der Waals surface area contributed by atoms with Gasteiger partial charge in [0.15, 0.2) is 0 Å². The molecule has 3 aromatic rings. The molecule has 2 atom stereocenters. The standard InChI is InChI=1S/C24H23F6N3O/c25-23(26,27)18-9-16(10-19(11-18)24(28,29)30)14-34-21-7-4-8-33(13-20-12-31-15-32-20)22(21)17-5-2-1-3-6-17/h1-3,5-6,9-12,15,21-22H,4,7-8,13-14H2,(H,31,32)/t21-,22-/m0/s1. The number of nitrogens with zero attached hydrogens (tertiary/aromatic N) is 2. The van der Waals surface area contributed by atoms with Gasteiger partial charge in [-0.2, -0.15) is 26.3 Å². The molecule has 1 aromatic heterocycles. The largest absolute Gasteiger partial charge is 0.416 e. The van der Waals surface area contributed by atoms with E-state index in [-0.39, 0.29) is 24.3 Å². The van der Waals surface area contributed by atoms with Crippen LogP contribution in [-0.2, 0) is 30.2 Å². The van der Waals surface area contributed by atoms with E-state index in [1.807, 2.05) is 30.3 Å². The first-order chi connectivity index (χ1) is 16.1. The molecule has 1 N–H and O–H groups in total. The summed E-state index contributed by atoms with van der Waals surface area (Å²) in [6.07, 6.45) is -5.50. The number of hydrogen-bond acceptors (Lipinski definition) is 3.